The van der Waals surface area contributed by atoms with E-state index in [4.69, 9.17) is 21.1 Å². The van der Waals surface area contributed by atoms with Crippen LogP contribution in [0.3, 0.4) is 0 Å². The zero-order valence-corrected chi connectivity index (χ0v) is 16.6. The molecule has 1 heterocycles. The molecule has 1 amide bonds. The molecule has 1 atom stereocenters. The molecule has 1 aliphatic carbocycles. The van der Waals surface area contributed by atoms with Crippen molar-refractivity contribution in [3.05, 3.63) is 52.5 Å². The highest BCUT2D eigenvalue weighted by Crippen LogP contribution is 2.48. The molecule has 28 heavy (non-hydrogen) atoms. The second-order valence-corrected chi connectivity index (χ2v) is 7.89. The van der Waals surface area contributed by atoms with Gasteiger partial charge in [-0.1, -0.05) is 23.7 Å². The quantitative estimate of drug-likeness (QED) is 0.618. The summed E-state index contributed by atoms with van der Waals surface area (Å²) in [6, 6.07) is 11.6. The lowest BCUT2D eigenvalue weighted by Gasteiger charge is -2.28. The highest BCUT2D eigenvalue weighted by atomic mass is 35.5. The van der Waals surface area contributed by atoms with Crippen LogP contribution in [0, 0.1) is 12.3 Å². The van der Waals surface area contributed by atoms with E-state index in [9.17, 15) is 9.59 Å². The number of hydrogen-bond acceptors (Lipinski definition) is 4. The summed E-state index contributed by atoms with van der Waals surface area (Å²) in [6.07, 6.45) is 1.72. The predicted octanol–water partition coefficient (Wildman–Crippen LogP) is 4.21. The molecule has 4 rings (SSSR count). The van der Waals surface area contributed by atoms with Gasteiger partial charge in [-0.05, 0) is 60.7 Å². The number of nitrogens with one attached hydrogen (secondary N) is 1. The number of esters is 1. The Balaban J connectivity index is 1.63. The van der Waals surface area contributed by atoms with Gasteiger partial charge >= 0.3 is 5.97 Å². The summed E-state index contributed by atoms with van der Waals surface area (Å²) >= 11 is 6.08. The van der Waals surface area contributed by atoms with Crippen molar-refractivity contribution in [2.75, 3.05) is 13.7 Å². The van der Waals surface area contributed by atoms with Gasteiger partial charge < -0.3 is 14.8 Å². The molecule has 0 spiro atoms. The molecule has 0 saturated heterocycles. The first kappa shape index (κ1) is 18.8. The zero-order valence-electron chi connectivity index (χ0n) is 15.9. The van der Waals surface area contributed by atoms with Crippen molar-refractivity contribution in [2.45, 2.75) is 32.2 Å². The normalized spacial score (nSPS) is 19.2. The van der Waals surface area contributed by atoms with Gasteiger partial charge in [0.15, 0.2) is 0 Å². The van der Waals surface area contributed by atoms with E-state index in [1.165, 1.54) is 7.11 Å². The van der Waals surface area contributed by atoms with Gasteiger partial charge in [-0.2, -0.15) is 0 Å². The smallest absolute Gasteiger partial charge is 0.321 e. The van der Waals surface area contributed by atoms with Crippen LogP contribution in [-0.4, -0.2) is 25.6 Å². The molecule has 5 nitrogen and oxygen atoms in total. The van der Waals surface area contributed by atoms with Crippen molar-refractivity contribution in [3.63, 3.8) is 0 Å². The van der Waals surface area contributed by atoms with Crippen molar-refractivity contribution in [1.29, 1.82) is 0 Å². The van der Waals surface area contributed by atoms with Crippen LogP contribution < -0.4 is 10.1 Å². The Morgan fingerprint density at radius 2 is 2.00 bits per heavy atom. The Hall–Kier alpha value is -2.53. The van der Waals surface area contributed by atoms with E-state index in [1.807, 2.05) is 43.3 Å². The third kappa shape index (κ3) is 3.24. The standard InChI is InChI=1S/C22H22ClNO4/c1-13-11-15(23)4-5-16(13)14-3-6-19-17(12-14)18(7-10-28-19)24-20(25)22(8-9-22)21(26)27-2/h3-6,11-12,18H,7-10H2,1-2H3,(H,24,25). The van der Waals surface area contributed by atoms with Crippen LogP contribution in [0.15, 0.2) is 36.4 Å². The zero-order chi connectivity index (χ0) is 19.9. The summed E-state index contributed by atoms with van der Waals surface area (Å²) in [7, 11) is 1.32. The predicted molar refractivity (Wildman–Crippen MR) is 106 cm³/mol. The highest BCUT2D eigenvalue weighted by molar-refractivity contribution is 6.30. The van der Waals surface area contributed by atoms with Crippen LogP contribution in [0.2, 0.25) is 5.02 Å². The van der Waals surface area contributed by atoms with Crippen LogP contribution in [-0.2, 0) is 14.3 Å². The Labute approximate surface area is 169 Å². The molecule has 0 aromatic heterocycles. The number of carbonyl (C=O) groups excluding carboxylic acids is 2. The van der Waals surface area contributed by atoms with E-state index in [0.717, 1.165) is 28.0 Å². The summed E-state index contributed by atoms with van der Waals surface area (Å²) in [5.41, 5.74) is 3.10. The molecule has 146 valence electrons. The average molecular weight is 400 g/mol. The molecule has 2 aromatic rings. The topological polar surface area (TPSA) is 64.6 Å². The number of rotatable bonds is 4. The molecule has 1 N–H and O–H groups in total. The van der Waals surface area contributed by atoms with Gasteiger partial charge in [-0.25, -0.2) is 0 Å². The van der Waals surface area contributed by atoms with Gasteiger partial charge in [0.25, 0.3) is 0 Å². The van der Waals surface area contributed by atoms with Crippen LogP contribution in [0.4, 0.5) is 0 Å². The van der Waals surface area contributed by atoms with Gasteiger partial charge in [-0.3, -0.25) is 9.59 Å². The van der Waals surface area contributed by atoms with Gasteiger partial charge in [0.2, 0.25) is 5.91 Å². The van der Waals surface area contributed by atoms with Gasteiger partial charge in [-0.15, -0.1) is 0 Å². The minimum absolute atomic E-state index is 0.203. The third-order valence-corrected chi connectivity index (χ3v) is 5.85. The molecule has 1 aliphatic heterocycles. The fourth-order valence-electron chi connectivity index (χ4n) is 3.80. The molecule has 0 bridgehead atoms. The van der Waals surface area contributed by atoms with Crippen LogP contribution in [0.1, 0.15) is 36.4 Å². The first-order valence-corrected chi connectivity index (χ1v) is 9.75. The molecule has 1 saturated carbocycles. The van der Waals surface area contributed by atoms with E-state index in [2.05, 4.69) is 5.32 Å². The van der Waals surface area contributed by atoms with E-state index in [0.29, 0.717) is 30.9 Å². The fourth-order valence-corrected chi connectivity index (χ4v) is 4.03. The number of amides is 1. The maximum atomic E-state index is 12.8. The van der Waals surface area contributed by atoms with Crippen molar-refractivity contribution in [1.82, 2.24) is 5.32 Å². The summed E-state index contributed by atoms with van der Waals surface area (Å²) in [5.74, 6) is 0.0444. The molecule has 2 aromatic carbocycles. The van der Waals surface area contributed by atoms with E-state index in [1.54, 1.807) is 0 Å². The van der Waals surface area contributed by atoms with Crippen LogP contribution >= 0.6 is 11.6 Å². The third-order valence-electron chi connectivity index (χ3n) is 5.61. The lowest BCUT2D eigenvalue weighted by Crippen LogP contribution is -2.41. The first-order chi connectivity index (χ1) is 13.4. The number of halogens is 1. The molecule has 1 unspecified atom stereocenters. The molecular formula is C22H22ClNO4. The van der Waals surface area contributed by atoms with Crippen molar-refractivity contribution in [3.8, 4) is 16.9 Å². The lowest BCUT2D eigenvalue weighted by atomic mass is 9.93. The second kappa shape index (κ2) is 7.13. The van der Waals surface area contributed by atoms with Crippen LogP contribution in [0.25, 0.3) is 11.1 Å². The molecule has 6 heteroatoms. The number of benzene rings is 2. The maximum Gasteiger partial charge on any atom is 0.321 e. The van der Waals surface area contributed by atoms with Crippen molar-refractivity contribution in [2.24, 2.45) is 5.41 Å². The number of hydrogen-bond donors (Lipinski definition) is 1. The molecule has 1 fully saturated rings. The molecule has 0 radical (unpaired) electrons. The highest BCUT2D eigenvalue weighted by Gasteiger charge is 2.58. The monoisotopic (exact) mass is 399 g/mol. The van der Waals surface area contributed by atoms with Crippen LogP contribution in [0.5, 0.6) is 5.75 Å². The van der Waals surface area contributed by atoms with E-state index >= 15 is 0 Å². The van der Waals surface area contributed by atoms with Gasteiger partial charge in [0, 0.05) is 17.0 Å². The minimum atomic E-state index is -1.02. The summed E-state index contributed by atoms with van der Waals surface area (Å²) in [4.78, 5) is 24.8. The second-order valence-electron chi connectivity index (χ2n) is 7.45. The average Bonchev–Trinajstić information content (AvgIpc) is 3.49. The fraction of sp³-hybridized carbons (Fsp3) is 0.364. The summed E-state index contributed by atoms with van der Waals surface area (Å²) in [6.45, 7) is 2.53. The maximum absolute atomic E-state index is 12.8. The lowest BCUT2D eigenvalue weighted by molar-refractivity contribution is -0.152. The summed E-state index contributed by atoms with van der Waals surface area (Å²) in [5, 5.41) is 3.75. The summed E-state index contributed by atoms with van der Waals surface area (Å²) < 4.78 is 10.6. The van der Waals surface area contributed by atoms with Crippen molar-refractivity contribution < 1.29 is 19.1 Å². The van der Waals surface area contributed by atoms with E-state index in [-0.39, 0.29) is 11.9 Å². The largest absolute Gasteiger partial charge is 0.493 e. The Kier molecular flexibility index (Phi) is 4.79. The number of ether oxygens (including phenoxy) is 2. The number of aryl methyl sites for hydroxylation is 1. The SMILES string of the molecule is COC(=O)C1(C(=O)NC2CCOc3ccc(-c4ccc(Cl)cc4C)cc32)CC1. The number of methoxy groups -OCH3 is 1. The van der Waals surface area contributed by atoms with Gasteiger partial charge in [0.05, 0.1) is 19.8 Å². The number of carbonyl (C=O) groups is 2. The van der Waals surface area contributed by atoms with Crippen molar-refractivity contribution >= 4 is 23.5 Å². The Morgan fingerprint density at radius 3 is 2.68 bits per heavy atom. The van der Waals surface area contributed by atoms with E-state index < -0.39 is 11.4 Å². The molecule has 2 aliphatic rings. The molecular weight excluding hydrogens is 378 g/mol. The number of fused-ring (bicyclic) bond motifs is 1. The van der Waals surface area contributed by atoms with Gasteiger partial charge in [0.1, 0.15) is 11.2 Å². The Morgan fingerprint density at radius 1 is 1.21 bits per heavy atom. The Bertz CT molecular complexity index is 952. The first-order valence-electron chi connectivity index (χ1n) is 9.37. The minimum Gasteiger partial charge on any atom is -0.493 e.